The first-order valence-electron chi connectivity index (χ1n) is 9.24. The highest BCUT2D eigenvalue weighted by molar-refractivity contribution is 5.91. The maximum atomic E-state index is 11.8. The van der Waals surface area contributed by atoms with Crippen molar-refractivity contribution in [3.8, 4) is 0 Å². The lowest BCUT2D eigenvalue weighted by Crippen LogP contribution is -2.53. The first-order chi connectivity index (χ1) is 10.3. The summed E-state index contributed by atoms with van der Waals surface area (Å²) in [5.41, 5.74) is 1.32. The summed E-state index contributed by atoms with van der Waals surface area (Å²) in [5, 5.41) is 10.9. The van der Waals surface area contributed by atoms with Crippen LogP contribution in [0.5, 0.6) is 0 Å². The van der Waals surface area contributed by atoms with Crippen LogP contribution in [0, 0.1) is 28.6 Å². The molecule has 2 nitrogen and oxygen atoms in total. The van der Waals surface area contributed by atoms with E-state index < -0.39 is 5.60 Å². The smallest absolute Gasteiger partial charge is 0.155 e. The molecule has 0 aromatic carbocycles. The van der Waals surface area contributed by atoms with Gasteiger partial charge in [-0.3, -0.25) is 4.79 Å². The third-order valence-corrected chi connectivity index (χ3v) is 8.52. The summed E-state index contributed by atoms with van der Waals surface area (Å²) >= 11 is 0. The molecule has 122 valence electrons. The van der Waals surface area contributed by atoms with Gasteiger partial charge in [0.25, 0.3) is 0 Å². The van der Waals surface area contributed by atoms with Gasteiger partial charge >= 0.3 is 0 Å². The Morgan fingerprint density at radius 1 is 1.00 bits per heavy atom. The highest BCUT2D eigenvalue weighted by Crippen LogP contribution is 2.67. The molecule has 4 aliphatic rings. The molecular weight excluding hydrogens is 272 g/mol. The Bertz CT molecular complexity index is 546. The maximum absolute atomic E-state index is 11.8. The van der Waals surface area contributed by atoms with Crippen LogP contribution in [0.2, 0.25) is 0 Å². The Labute approximate surface area is 134 Å². The highest BCUT2D eigenvalue weighted by Gasteiger charge is 2.62. The van der Waals surface area contributed by atoms with Crippen LogP contribution >= 0.6 is 0 Å². The number of allylic oxidation sites excluding steroid dienone is 1. The number of hydrogen-bond donors (Lipinski definition) is 1. The van der Waals surface area contributed by atoms with Gasteiger partial charge in [0.1, 0.15) is 0 Å². The molecule has 0 spiro atoms. The minimum atomic E-state index is -0.484. The van der Waals surface area contributed by atoms with Gasteiger partial charge in [-0.15, -0.1) is 0 Å². The molecule has 1 N–H and O–H groups in total. The molecule has 0 unspecified atom stereocenters. The number of rotatable bonds is 0. The van der Waals surface area contributed by atoms with E-state index in [1.165, 1.54) is 24.8 Å². The van der Waals surface area contributed by atoms with Gasteiger partial charge in [-0.1, -0.05) is 19.4 Å². The summed E-state index contributed by atoms with van der Waals surface area (Å²) in [6.07, 6.45) is 10.7. The average molecular weight is 302 g/mol. The first kappa shape index (κ1) is 14.9. The van der Waals surface area contributed by atoms with Gasteiger partial charge in [0.15, 0.2) is 5.78 Å². The van der Waals surface area contributed by atoms with Crippen LogP contribution in [-0.2, 0) is 4.79 Å². The third-order valence-electron chi connectivity index (χ3n) is 8.52. The molecule has 3 saturated carbocycles. The van der Waals surface area contributed by atoms with Gasteiger partial charge in [-0.2, -0.15) is 0 Å². The zero-order chi connectivity index (χ0) is 15.8. The van der Waals surface area contributed by atoms with Gasteiger partial charge in [0.05, 0.1) is 5.60 Å². The molecule has 6 atom stereocenters. The van der Waals surface area contributed by atoms with Crippen molar-refractivity contribution < 1.29 is 9.90 Å². The Morgan fingerprint density at radius 3 is 2.50 bits per heavy atom. The fourth-order valence-electron chi connectivity index (χ4n) is 6.80. The van der Waals surface area contributed by atoms with Gasteiger partial charge in [0, 0.05) is 6.42 Å². The number of ketones is 1. The van der Waals surface area contributed by atoms with E-state index in [-0.39, 0.29) is 10.8 Å². The summed E-state index contributed by atoms with van der Waals surface area (Å²) in [5.74, 6) is 2.50. The summed E-state index contributed by atoms with van der Waals surface area (Å²) in [4.78, 5) is 11.8. The minimum absolute atomic E-state index is 0.107. The van der Waals surface area contributed by atoms with E-state index >= 15 is 0 Å². The number of hydrogen-bond acceptors (Lipinski definition) is 2. The molecule has 0 aromatic heterocycles. The molecule has 0 aliphatic heterocycles. The van der Waals surface area contributed by atoms with Crippen molar-refractivity contribution in [3.63, 3.8) is 0 Å². The minimum Gasteiger partial charge on any atom is -0.390 e. The topological polar surface area (TPSA) is 37.3 Å². The van der Waals surface area contributed by atoms with E-state index in [0.29, 0.717) is 11.7 Å². The van der Waals surface area contributed by atoms with Crippen molar-refractivity contribution in [1.29, 1.82) is 0 Å². The number of fused-ring (bicyclic) bond motifs is 5. The molecule has 0 amide bonds. The van der Waals surface area contributed by atoms with Crippen molar-refractivity contribution in [2.45, 2.75) is 77.7 Å². The second-order valence-electron chi connectivity index (χ2n) is 9.24. The summed E-state index contributed by atoms with van der Waals surface area (Å²) < 4.78 is 0. The molecule has 0 aromatic rings. The summed E-state index contributed by atoms with van der Waals surface area (Å²) in [6.45, 7) is 6.85. The quantitative estimate of drug-likeness (QED) is 0.725. The molecule has 0 bridgehead atoms. The molecular formula is C20H30O2. The number of carbonyl (C=O) groups excluding carboxylic acids is 1. The Morgan fingerprint density at radius 2 is 1.73 bits per heavy atom. The van der Waals surface area contributed by atoms with Gasteiger partial charge in [-0.05, 0) is 86.5 Å². The van der Waals surface area contributed by atoms with Gasteiger partial charge in [0.2, 0.25) is 0 Å². The highest BCUT2D eigenvalue weighted by atomic mass is 16.3. The summed E-state index contributed by atoms with van der Waals surface area (Å²) in [6, 6.07) is 0. The normalized spacial score (nSPS) is 54.3. The molecule has 4 aliphatic carbocycles. The fourth-order valence-corrected chi connectivity index (χ4v) is 6.80. The SMILES string of the molecule is C[C@]12CCC(=O)C=C1CC[C@@H]1[C@H]3CC[C@@](C)(O)[C@@]3(C)CC[C@@H]12. The lowest BCUT2D eigenvalue weighted by atomic mass is 9.46. The van der Waals surface area contributed by atoms with Crippen LogP contribution in [0.4, 0.5) is 0 Å². The Balaban J connectivity index is 1.70. The molecule has 0 heterocycles. The van der Waals surface area contributed by atoms with Crippen molar-refractivity contribution in [2.75, 3.05) is 0 Å². The molecule has 22 heavy (non-hydrogen) atoms. The number of aliphatic hydroxyl groups is 1. The second kappa shape index (κ2) is 4.47. The molecule has 2 heteroatoms. The van der Waals surface area contributed by atoms with Gasteiger partial charge in [-0.25, -0.2) is 0 Å². The zero-order valence-electron chi connectivity index (χ0n) is 14.3. The Hall–Kier alpha value is -0.630. The monoisotopic (exact) mass is 302 g/mol. The molecule has 3 fully saturated rings. The van der Waals surface area contributed by atoms with E-state index in [0.717, 1.165) is 43.9 Å². The van der Waals surface area contributed by atoms with Crippen molar-refractivity contribution in [2.24, 2.45) is 28.6 Å². The first-order valence-corrected chi connectivity index (χ1v) is 9.24. The largest absolute Gasteiger partial charge is 0.390 e. The van der Waals surface area contributed by atoms with Crippen LogP contribution in [-0.4, -0.2) is 16.5 Å². The van der Waals surface area contributed by atoms with Crippen molar-refractivity contribution in [1.82, 2.24) is 0 Å². The van der Waals surface area contributed by atoms with Gasteiger partial charge < -0.3 is 5.11 Å². The second-order valence-corrected chi connectivity index (χ2v) is 9.24. The lowest BCUT2D eigenvalue weighted by molar-refractivity contribution is -0.124. The fraction of sp³-hybridized carbons (Fsp3) is 0.850. The molecule has 0 saturated heterocycles. The van der Waals surface area contributed by atoms with Crippen LogP contribution in [0.15, 0.2) is 11.6 Å². The molecule has 0 radical (unpaired) electrons. The van der Waals surface area contributed by atoms with Crippen LogP contribution in [0.3, 0.4) is 0 Å². The van der Waals surface area contributed by atoms with Crippen LogP contribution in [0.1, 0.15) is 72.1 Å². The third kappa shape index (κ3) is 1.74. The Kier molecular flexibility index (Phi) is 3.03. The van der Waals surface area contributed by atoms with E-state index in [1.54, 1.807) is 0 Å². The van der Waals surface area contributed by atoms with Crippen LogP contribution < -0.4 is 0 Å². The maximum Gasteiger partial charge on any atom is 0.155 e. The van der Waals surface area contributed by atoms with E-state index in [4.69, 9.17) is 0 Å². The summed E-state index contributed by atoms with van der Waals surface area (Å²) in [7, 11) is 0. The van der Waals surface area contributed by atoms with Crippen LogP contribution in [0.25, 0.3) is 0 Å². The zero-order valence-corrected chi connectivity index (χ0v) is 14.3. The predicted molar refractivity (Wildman–Crippen MR) is 87.3 cm³/mol. The van der Waals surface area contributed by atoms with E-state index in [2.05, 4.69) is 20.8 Å². The predicted octanol–water partition coefficient (Wildman–Crippen LogP) is 4.27. The standard InChI is InChI=1S/C20H30O2/c1-18-9-6-14(21)12-13(18)4-5-15-16(18)7-10-19(2)17(15)8-11-20(19,3)22/h12,15-17,22H,4-11H2,1-3H3/t15-,16-,17+,18-,19-,20+/m0/s1. The average Bonchev–Trinajstić information content (AvgIpc) is 2.70. The van der Waals surface area contributed by atoms with E-state index in [9.17, 15) is 9.90 Å². The van der Waals surface area contributed by atoms with Crippen molar-refractivity contribution in [3.05, 3.63) is 11.6 Å². The lowest BCUT2D eigenvalue weighted by Gasteiger charge is -2.58. The molecule has 4 rings (SSSR count). The van der Waals surface area contributed by atoms with Crippen molar-refractivity contribution >= 4 is 5.78 Å². The number of carbonyl (C=O) groups is 1. The van der Waals surface area contributed by atoms with E-state index in [1.807, 2.05) is 6.08 Å².